The number of aromatic nitrogens is 1. The number of nitrogens with zero attached hydrogens (tertiary/aromatic N) is 1. The molecule has 1 amide bonds. The molecular weight excluding hydrogens is 216 g/mol. The largest absolute Gasteiger partial charge is 0.361 e. The molecule has 0 aliphatic rings. The summed E-state index contributed by atoms with van der Waals surface area (Å²) >= 11 is 0. The molecule has 1 heterocycles. The Labute approximate surface area is 99.6 Å². The van der Waals surface area contributed by atoms with Gasteiger partial charge in [-0.1, -0.05) is 23.4 Å². The Kier molecular flexibility index (Phi) is 3.23. The molecule has 0 aliphatic carbocycles. The van der Waals surface area contributed by atoms with Crippen LogP contribution in [0.4, 0.5) is 5.69 Å². The molecule has 0 fully saturated rings. The van der Waals surface area contributed by atoms with Crippen molar-refractivity contribution in [3.05, 3.63) is 47.3 Å². The van der Waals surface area contributed by atoms with Gasteiger partial charge >= 0.3 is 0 Å². The molecule has 1 N–H and O–H groups in total. The number of anilines is 1. The number of hydrogen-bond donors (Lipinski definition) is 1. The lowest BCUT2D eigenvalue weighted by Crippen LogP contribution is -2.14. The average Bonchev–Trinajstić information content (AvgIpc) is 2.67. The maximum atomic E-state index is 11.7. The van der Waals surface area contributed by atoms with E-state index in [9.17, 15) is 4.79 Å². The zero-order chi connectivity index (χ0) is 12.3. The van der Waals surface area contributed by atoms with Gasteiger partial charge in [-0.15, -0.1) is 0 Å². The van der Waals surface area contributed by atoms with Crippen LogP contribution >= 0.6 is 0 Å². The maximum absolute atomic E-state index is 11.7. The summed E-state index contributed by atoms with van der Waals surface area (Å²) in [6.45, 7) is 3.78. The van der Waals surface area contributed by atoms with Crippen LogP contribution in [-0.2, 0) is 11.2 Å². The van der Waals surface area contributed by atoms with Gasteiger partial charge in [0.25, 0.3) is 0 Å². The van der Waals surface area contributed by atoms with E-state index >= 15 is 0 Å². The molecule has 2 rings (SSSR count). The maximum Gasteiger partial charge on any atom is 0.232 e. The highest BCUT2D eigenvalue weighted by molar-refractivity contribution is 5.92. The molecule has 88 valence electrons. The van der Waals surface area contributed by atoms with Gasteiger partial charge < -0.3 is 9.84 Å². The molecule has 0 saturated heterocycles. The van der Waals surface area contributed by atoms with E-state index in [2.05, 4.69) is 10.5 Å². The molecule has 0 unspecified atom stereocenters. The van der Waals surface area contributed by atoms with Crippen LogP contribution in [-0.4, -0.2) is 11.1 Å². The topological polar surface area (TPSA) is 55.1 Å². The predicted molar refractivity (Wildman–Crippen MR) is 64.8 cm³/mol. The lowest BCUT2D eigenvalue weighted by Gasteiger charge is -2.06. The second-order valence-electron chi connectivity index (χ2n) is 3.97. The number of aryl methyl sites for hydroxylation is 2. The van der Waals surface area contributed by atoms with Gasteiger partial charge in [-0.2, -0.15) is 0 Å². The fraction of sp³-hybridized carbons (Fsp3) is 0.231. The molecule has 1 aromatic carbocycles. The standard InChI is InChI=1S/C13H14N2O2/c1-9-5-3-4-6-12(9)14-13(16)8-11-7-10(2)15-17-11/h3-7H,8H2,1-2H3,(H,14,16). The van der Waals surface area contributed by atoms with E-state index in [0.717, 1.165) is 16.9 Å². The van der Waals surface area contributed by atoms with Crippen molar-refractivity contribution in [1.82, 2.24) is 5.16 Å². The summed E-state index contributed by atoms with van der Waals surface area (Å²) in [5.41, 5.74) is 2.65. The van der Waals surface area contributed by atoms with Crippen LogP contribution in [0.3, 0.4) is 0 Å². The first-order valence-corrected chi connectivity index (χ1v) is 5.43. The Bertz CT molecular complexity index is 532. The van der Waals surface area contributed by atoms with Crippen molar-refractivity contribution in [3.63, 3.8) is 0 Å². The number of hydrogen-bond acceptors (Lipinski definition) is 3. The summed E-state index contributed by atoms with van der Waals surface area (Å²) < 4.78 is 4.99. The van der Waals surface area contributed by atoms with E-state index in [0.29, 0.717) is 5.76 Å². The van der Waals surface area contributed by atoms with Crippen LogP contribution in [0.25, 0.3) is 0 Å². The summed E-state index contributed by atoms with van der Waals surface area (Å²) in [6.07, 6.45) is 0.204. The van der Waals surface area contributed by atoms with Gasteiger partial charge in [-0.3, -0.25) is 4.79 Å². The summed E-state index contributed by atoms with van der Waals surface area (Å²) in [4.78, 5) is 11.7. The Morgan fingerprint density at radius 3 is 2.76 bits per heavy atom. The second-order valence-corrected chi connectivity index (χ2v) is 3.97. The number of carbonyl (C=O) groups excluding carboxylic acids is 1. The first kappa shape index (κ1) is 11.4. The van der Waals surface area contributed by atoms with E-state index in [1.807, 2.05) is 38.1 Å². The molecule has 0 bridgehead atoms. The molecule has 4 nitrogen and oxygen atoms in total. The van der Waals surface area contributed by atoms with Crippen molar-refractivity contribution < 1.29 is 9.32 Å². The monoisotopic (exact) mass is 230 g/mol. The molecule has 0 saturated carbocycles. The molecule has 0 radical (unpaired) electrons. The minimum atomic E-state index is -0.101. The molecule has 0 aliphatic heterocycles. The molecular formula is C13H14N2O2. The van der Waals surface area contributed by atoms with Crippen LogP contribution in [0.15, 0.2) is 34.9 Å². The third-order valence-corrected chi connectivity index (χ3v) is 2.43. The van der Waals surface area contributed by atoms with E-state index < -0.39 is 0 Å². The van der Waals surface area contributed by atoms with Gasteiger partial charge in [-0.25, -0.2) is 0 Å². The normalized spacial score (nSPS) is 10.2. The summed E-state index contributed by atoms with van der Waals surface area (Å²) in [6, 6.07) is 9.41. The van der Waals surface area contributed by atoms with Gasteiger partial charge in [0.15, 0.2) is 0 Å². The van der Waals surface area contributed by atoms with E-state index in [1.54, 1.807) is 6.07 Å². The van der Waals surface area contributed by atoms with Crippen LogP contribution < -0.4 is 5.32 Å². The third-order valence-electron chi connectivity index (χ3n) is 2.43. The Hall–Kier alpha value is -2.10. The number of rotatable bonds is 3. The first-order valence-electron chi connectivity index (χ1n) is 5.43. The van der Waals surface area contributed by atoms with Gasteiger partial charge in [0, 0.05) is 11.8 Å². The van der Waals surface area contributed by atoms with Crippen LogP contribution in [0, 0.1) is 13.8 Å². The summed E-state index contributed by atoms with van der Waals surface area (Å²) in [7, 11) is 0. The summed E-state index contributed by atoms with van der Waals surface area (Å²) in [5, 5.41) is 6.58. The van der Waals surface area contributed by atoms with E-state index in [4.69, 9.17) is 4.52 Å². The molecule has 2 aromatic rings. The van der Waals surface area contributed by atoms with Crippen molar-refractivity contribution >= 4 is 11.6 Å². The van der Waals surface area contributed by atoms with Gasteiger partial charge in [0.1, 0.15) is 5.76 Å². The molecule has 4 heteroatoms. The average molecular weight is 230 g/mol. The highest BCUT2D eigenvalue weighted by atomic mass is 16.5. The Balaban J connectivity index is 2.01. The lowest BCUT2D eigenvalue weighted by molar-refractivity contribution is -0.115. The third kappa shape index (κ3) is 2.93. The second kappa shape index (κ2) is 4.82. The number of amides is 1. The van der Waals surface area contributed by atoms with Crippen LogP contribution in [0.1, 0.15) is 17.0 Å². The molecule has 1 aromatic heterocycles. The van der Waals surface area contributed by atoms with Gasteiger partial charge in [-0.05, 0) is 25.5 Å². The first-order chi connectivity index (χ1) is 8.15. The van der Waals surface area contributed by atoms with Crippen LogP contribution in [0.2, 0.25) is 0 Å². The van der Waals surface area contributed by atoms with Gasteiger partial charge in [0.05, 0.1) is 12.1 Å². The predicted octanol–water partition coefficient (Wildman–Crippen LogP) is 2.47. The minimum Gasteiger partial charge on any atom is -0.361 e. The summed E-state index contributed by atoms with van der Waals surface area (Å²) in [5.74, 6) is 0.476. The highest BCUT2D eigenvalue weighted by Crippen LogP contribution is 2.13. The number of para-hydroxylation sites is 1. The number of benzene rings is 1. The Morgan fingerprint density at radius 1 is 1.35 bits per heavy atom. The number of nitrogens with one attached hydrogen (secondary N) is 1. The van der Waals surface area contributed by atoms with Gasteiger partial charge in [0.2, 0.25) is 5.91 Å². The molecule has 0 spiro atoms. The number of carbonyl (C=O) groups is 1. The van der Waals surface area contributed by atoms with E-state index in [-0.39, 0.29) is 12.3 Å². The van der Waals surface area contributed by atoms with Crippen LogP contribution in [0.5, 0.6) is 0 Å². The fourth-order valence-electron chi connectivity index (χ4n) is 1.57. The van der Waals surface area contributed by atoms with Crippen molar-refractivity contribution in [2.45, 2.75) is 20.3 Å². The minimum absolute atomic E-state index is 0.101. The quantitative estimate of drug-likeness (QED) is 0.881. The zero-order valence-electron chi connectivity index (χ0n) is 9.86. The smallest absolute Gasteiger partial charge is 0.232 e. The van der Waals surface area contributed by atoms with Crippen molar-refractivity contribution in [1.29, 1.82) is 0 Å². The SMILES string of the molecule is Cc1cc(CC(=O)Nc2ccccc2C)on1. The molecule has 17 heavy (non-hydrogen) atoms. The van der Waals surface area contributed by atoms with Crippen molar-refractivity contribution in [2.75, 3.05) is 5.32 Å². The Morgan fingerprint density at radius 2 is 2.12 bits per heavy atom. The highest BCUT2D eigenvalue weighted by Gasteiger charge is 2.09. The van der Waals surface area contributed by atoms with E-state index in [1.165, 1.54) is 0 Å². The zero-order valence-corrected chi connectivity index (χ0v) is 9.86. The fourth-order valence-corrected chi connectivity index (χ4v) is 1.57. The van der Waals surface area contributed by atoms with Crippen molar-refractivity contribution in [2.24, 2.45) is 0 Å². The lowest BCUT2D eigenvalue weighted by atomic mass is 10.2. The molecule has 0 atom stereocenters. The van der Waals surface area contributed by atoms with Crippen molar-refractivity contribution in [3.8, 4) is 0 Å².